The molecule has 1 aromatic heterocycles. The molecule has 1 aliphatic carbocycles. The largest absolute Gasteiger partial charge is 0.484 e. The molecule has 1 amide bonds. The van der Waals surface area contributed by atoms with Gasteiger partial charge in [0.25, 0.3) is 5.91 Å². The lowest BCUT2D eigenvalue weighted by atomic mass is 9.66. The number of halogens is 1. The van der Waals surface area contributed by atoms with E-state index in [4.69, 9.17) is 20.8 Å². The Bertz CT molecular complexity index is 1320. The number of carbonyl (C=O) groups is 1. The van der Waals surface area contributed by atoms with Gasteiger partial charge >= 0.3 is 5.63 Å². The molecule has 3 aromatic rings. The smallest absolute Gasteiger partial charge is 0.339 e. The molecule has 3 unspecified atom stereocenters. The maximum absolute atomic E-state index is 13.4. The van der Waals surface area contributed by atoms with Gasteiger partial charge in [-0.2, -0.15) is 0 Å². The summed E-state index contributed by atoms with van der Waals surface area (Å²) in [5.41, 5.74) is 1.74. The predicted molar refractivity (Wildman–Crippen MR) is 135 cm³/mol. The van der Waals surface area contributed by atoms with Gasteiger partial charge < -0.3 is 19.2 Å². The molecule has 0 bridgehead atoms. The van der Waals surface area contributed by atoms with E-state index in [1.54, 1.807) is 19.1 Å². The molecule has 3 atom stereocenters. The molecule has 1 N–H and O–H groups in total. The molecule has 1 aliphatic heterocycles. The van der Waals surface area contributed by atoms with Gasteiger partial charge in [0.1, 0.15) is 11.3 Å². The Balaban J connectivity index is 1.39. The fourth-order valence-corrected chi connectivity index (χ4v) is 5.91. The van der Waals surface area contributed by atoms with Gasteiger partial charge in [-0.05, 0) is 68.5 Å². The van der Waals surface area contributed by atoms with Crippen molar-refractivity contribution < 1.29 is 19.1 Å². The van der Waals surface area contributed by atoms with Gasteiger partial charge in [0.2, 0.25) is 0 Å². The minimum Gasteiger partial charge on any atom is -0.484 e. The zero-order valence-electron chi connectivity index (χ0n) is 20.1. The highest BCUT2D eigenvalue weighted by Crippen LogP contribution is 2.49. The second-order valence-electron chi connectivity index (χ2n) is 9.88. The third-order valence-corrected chi connectivity index (χ3v) is 8.14. The average Bonchev–Trinajstić information content (AvgIpc) is 2.85. The summed E-state index contributed by atoms with van der Waals surface area (Å²) in [7, 11) is 0. The van der Waals surface area contributed by atoms with Crippen molar-refractivity contribution in [3.63, 3.8) is 0 Å². The van der Waals surface area contributed by atoms with Crippen molar-refractivity contribution in [1.82, 2.24) is 4.90 Å². The molecule has 2 heterocycles. The number of benzene rings is 2. The summed E-state index contributed by atoms with van der Waals surface area (Å²) in [6, 6.07) is 12.6. The number of aryl methyl sites for hydroxylation is 1. The molecule has 1 saturated carbocycles. The van der Waals surface area contributed by atoms with Crippen LogP contribution in [0.1, 0.15) is 54.8 Å². The molecule has 2 aliphatic rings. The fourth-order valence-electron chi connectivity index (χ4n) is 5.78. The van der Waals surface area contributed by atoms with Crippen LogP contribution in [0.15, 0.2) is 51.7 Å². The lowest BCUT2D eigenvalue weighted by Crippen LogP contribution is -2.56. The first-order valence-electron chi connectivity index (χ1n) is 12.2. The van der Waals surface area contributed by atoms with E-state index in [1.807, 2.05) is 42.2 Å². The van der Waals surface area contributed by atoms with Gasteiger partial charge in [-0.3, -0.25) is 4.79 Å². The Kier molecular flexibility index (Phi) is 6.36. The van der Waals surface area contributed by atoms with Crippen LogP contribution in [-0.4, -0.2) is 34.7 Å². The third kappa shape index (κ3) is 4.45. The Hall–Kier alpha value is -2.83. The lowest BCUT2D eigenvalue weighted by molar-refractivity contribution is -0.157. The zero-order chi connectivity index (χ0) is 24.7. The van der Waals surface area contributed by atoms with E-state index < -0.39 is 5.60 Å². The maximum Gasteiger partial charge on any atom is 0.339 e. The Morgan fingerprint density at radius 3 is 2.69 bits per heavy atom. The van der Waals surface area contributed by atoms with Crippen molar-refractivity contribution in [2.24, 2.45) is 5.92 Å². The minimum absolute atomic E-state index is 0.0312. The second kappa shape index (κ2) is 9.32. The van der Waals surface area contributed by atoms with Crippen LogP contribution in [0.2, 0.25) is 5.02 Å². The zero-order valence-corrected chi connectivity index (χ0v) is 20.8. The number of hydrogen-bond donors (Lipinski definition) is 1. The highest BCUT2D eigenvalue weighted by Gasteiger charge is 2.50. The first kappa shape index (κ1) is 23.9. The van der Waals surface area contributed by atoms with Crippen LogP contribution in [0.3, 0.4) is 0 Å². The third-order valence-electron chi connectivity index (χ3n) is 7.89. The standard InChI is InChI=1S/C28H30ClNO5/c1-17-18(2)27(32)35-24-15-21(10-11-22(17)24)34-16-25(31)30-14-13-28(33)12-4-3-5-23(28)26(30)19-6-8-20(29)9-7-19/h6-11,15,23,26,33H,3-5,12-14,16H2,1-2H3. The monoisotopic (exact) mass is 495 g/mol. The van der Waals surface area contributed by atoms with Crippen LogP contribution in [0, 0.1) is 19.8 Å². The second-order valence-corrected chi connectivity index (χ2v) is 10.3. The quantitative estimate of drug-likeness (QED) is 0.494. The minimum atomic E-state index is -0.758. The molecule has 2 aromatic carbocycles. The van der Waals surface area contributed by atoms with Gasteiger partial charge in [-0.1, -0.05) is 36.6 Å². The van der Waals surface area contributed by atoms with Gasteiger partial charge in [-0.25, -0.2) is 4.79 Å². The molecular weight excluding hydrogens is 466 g/mol. The van der Waals surface area contributed by atoms with Crippen LogP contribution in [0.5, 0.6) is 5.75 Å². The first-order chi connectivity index (χ1) is 16.8. The highest BCUT2D eigenvalue weighted by molar-refractivity contribution is 6.30. The summed E-state index contributed by atoms with van der Waals surface area (Å²) in [6.45, 7) is 3.95. The Morgan fingerprint density at radius 2 is 1.91 bits per heavy atom. The molecule has 5 rings (SSSR count). The Morgan fingerprint density at radius 1 is 1.14 bits per heavy atom. The SMILES string of the molecule is Cc1c(C)c2ccc(OCC(=O)N3CCC4(O)CCCCC4C3c3ccc(Cl)cc3)cc2oc1=O. The topological polar surface area (TPSA) is 80.0 Å². The van der Waals surface area contributed by atoms with Crippen molar-refractivity contribution in [1.29, 1.82) is 0 Å². The molecule has 184 valence electrons. The van der Waals surface area contributed by atoms with Crippen molar-refractivity contribution in [2.45, 2.75) is 57.6 Å². The summed E-state index contributed by atoms with van der Waals surface area (Å²) < 4.78 is 11.3. The summed E-state index contributed by atoms with van der Waals surface area (Å²) in [5, 5.41) is 12.9. The molecule has 0 radical (unpaired) electrons. The van der Waals surface area contributed by atoms with E-state index in [0.717, 1.165) is 42.2 Å². The van der Waals surface area contributed by atoms with Crippen molar-refractivity contribution in [3.8, 4) is 5.75 Å². The maximum atomic E-state index is 13.4. The van der Waals surface area contributed by atoms with Crippen LogP contribution in [0.25, 0.3) is 11.0 Å². The van der Waals surface area contributed by atoms with Crippen LogP contribution in [-0.2, 0) is 4.79 Å². The van der Waals surface area contributed by atoms with E-state index in [0.29, 0.717) is 34.9 Å². The number of fused-ring (bicyclic) bond motifs is 2. The van der Waals surface area contributed by atoms with Crippen LogP contribution < -0.4 is 10.4 Å². The number of carbonyl (C=O) groups excluding carboxylic acids is 1. The van der Waals surface area contributed by atoms with E-state index >= 15 is 0 Å². The van der Waals surface area contributed by atoms with Gasteiger partial charge in [0, 0.05) is 34.5 Å². The summed E-state index contributed by atoms with van der Waals surface area (Å²) in [6.07, 6.45) is 4.25. The van der Waals surface area contributed by atoms with Gasteiger partial charge in [0.15, 0.2) is 6.61 Å². The number of nitrogens with zero attached hydrogens (tertiary/aromatic N) is 1. The molecule has 7 heteroatoms. The molecule has 6 nitrogen and oxygen atoms in total. The number of rotatable bonds is 4. The number of amides is 1. The van der Waals surface area contributed by atoms with E-state index in [-0.39, 0.29) is 30.1 Å². The van der Waals surface area contributed by atoms with Crippen molar-refractivity contribution in [3.05, 3.63) is 74.6 Å². The molecule has 2 fully saturated rings. The summed E-state index contributed by atoms with van der Waals surface area (Å²) in [4.78, 5) is 27.4. The summed E-state index contributed by atoms with van der Waals surface area (Å²) >= 11 is 6.12. The normalized spacial score (nSPS) is 24.3. The number of aliphatic hydroxyl groups is 1. The molecule has 1 saturated heterocycles. The average molecular weight is 496 g/mol. The number of likely N-dealkylation sites (tertiary alicyclic amines) is 1. The molecule has 35 heavy (non-hydrogen) atoms. The summed E-state index contributed by atoms with van der Waals surface area (Å²) in [5.74, 6) is 0.293. The first-order valence-corrected chi connectivity index (χ1v) is 12.6. The molecule has 0 spiro atoms. The number of ether oxygens (including phenoxy) is 1. The Labute approximate surface area is 209 Å². The lowest BCUT2D eigenvalue weighted by Gasteiger charge is -2.52. The van der Waals surface area contributed by atoms with Crippen molar-refractivity contribution >= 4 is 28.5 Å². The number of hydrogen-bond acceptors (Lipinski definition) is 5. The number of piperidine rings is 1. The van der Waals surface area contributed by atoms with Crippen LogP contribution in [0.4, 0.5) is 0 Å². The molecular formula is C28H30ClNO5. The van der Waals surface area contributed by atoms with Crippen molar-refractivity contribution in [2.75, 3.05) is 13.2 Å². The van der Waals surface area contributed by atoms with E-state index in [2.05, 4.69) is 0 Å². The van der Waals surface area contributed by atoms with E-state index in [1.165, 1.54) is 0 Å². The fraction of sp³-hybridized carbons (Fsp3) is 0.429. The van der Waals surface area contributed by atoms with Gasteiger partial charge in [0.05, 0.1) is 11.6 Å². The van der Waals surface area contributed by atoms with E-state index in [9.17, 15) is 14.7 Å². The predicted octanol–water partition coefficient (Wildman–Crippen LogP) is 5.34. The van der Waals surface area contributed by atoms with Crippen LogP contribution >= 0.6 is 11.6 Å². The highest BCUT2D eigenvalue weighted by atomic mass is 35.5. The van der Waals surface area contributed by atoms with Gasteiger partial charge in [-0.15, -0.1) is 0 Å².